The van der Waals surface area contributed by atoms with Crippen molar-refractivity contribution >= 4 is 23.2 Å². The molecule has 0 aliphatic rings. The number of hydrogen-bond donors (Lipinski definition) is 0. The van der Waals surface area contributed by atoms with Gasteiger partial charge in [-0.2, -0.15) is 0 Å². The van der Waals surface area contributed by atoms with E-state index in [0.29, 0.717) is 5.92 Å². The summed E-state index contributed by atoms with van der Waals surface area (Å²) in [6, 6.07) is 8.35. The molecule has 0 amide bonds. The Labute approximate surface area is 91.7 Å². The lowest BCUT2D eigenvalue weighted by atomic mass is 10.1. The van der Waals surface area contributed by atoms with E-state index in [0.717, 1.165) is 10.4 Å². The van der Waals surface area contributed by atoms with Gasteiger partial charge in [0, 0.05) is 4.86 Å². The number of hydrogen-bond acceptors (Lipinski definition) is 1. The molecule has 14 heavy (non-hydrogen) atoms. The van der Waals surface area contributed by atoms with Gasteiger partial charge in [0.2, 0.25) is 0 Å². The van der Waals surface area contributed by atoms with Crippen molar-refractivity contribution in [3.63, 3.8) is 0 Å². The molecule has 0 aliphatic heterocycles. The Morgan fingerprint density at radius 1 is 1.21 bits per heavy atom. The van der Waals surface area contributed by atoms with Crippen LogP contribution in [-0.2, 0) is 0 Å². The summed E-state index contributed by atoms with van der Waals surface area (Å²) < 4.78 is 0. The number of allylic oxidation sites excluding steroid dienone is 1. The molecule has 0 bridgehead atoms. The van der Waals surface area contributed by atoms with E-state index in [2.05, 4.69) is 50.3 Å². The highest BCUT2D eigenvalue weighted by atomic mass is 32.1. The summed E-state index contributed by atoms with van der Waals surface area (Å²) >= 11 is 5.09. The summed E-state index contributed by atoms with van der Waals surface area (Å²) in [5, 5.41) is 0. The van der Waals surface area contributed by atoms with Gasteiger partial charge in [0.05, 0.1) is 0 Å². The van der Waals surface area contributed by atoms with Crippen molar-refractivity contribution in [2.45, 2.75) is 20.8 Å². The van der Waals surface area contributed by atoms with Crippen LogP contribution < -0.4 is 0 Å². The fraction of sp³-hybridized carbons (Fsp3) is 0.308. The number of thiocarbonyl (C=S) groups is 1. The number of rotatable bonds is 3. The van der Waals surface area contributed by atoms with Crippen molar-refractivity contribution in [2.75, 3.05) is 0 Å². The Morgan fingerprint density at radius 3 is 2.21 bits per heavy atom. The van der Waals surface area contributed by atoms with Gasteiger partial charge in [-0.3, -0.25) is 0 Å². The van der Waals surface area contributed by atoms with E-state index in [1.807, 2.05) is 6.92 Å². The minimum atomic E-state index is 0.599. The maximum Gasteiger partial charge on any atom is 0.0193 e. The van der Waals surface area contributed by atoms with E-state index in [1.165, 1.54) is 5.56 Å². The fourth-order valence-electron chi connectivity index (χ4n) is 1.13. The van der Waals surface area contributed by atoms with Gasteiger partial charge < -0.3 is 0 Å². The quantitative estimate of drug-likeness (QED) is 0.528. The molecule has 0 spiro atoms. The predicted molar refractivity (Wildman–Crippen MR) is 67.7 cm³/mol. The maximum atomic E-state index is 5.09. The van der Waals surface area contributed by atoms with E-state index in [9.17, 15) is 0 Å². The molecule has 1 heteroatoms. The summed E-state index contributed by atoms with van der Waals surface area (Å²) in [4.78, 5) is 0.949. The molecule has 0 aromatic heterocycles. The normalized spacial score (nSPS) is 11.1. The molecule has 0 fully saturated rings. The first-order valence-corrected chi connectivity index (χ1v) is 5.29. The van der Waals surface area contributed by atoms with E-state index in [-0.39, 0.29) is 0 Å². The fourth-order valence-corrected chi connectivity index (χ4v) is 1.27. The van der Waals surface area contributed by atoms with Gasteiger partial charge in [0.15, 0.2) is 0 Å². The SMILES string of the molecule is CC(=S)c1ccc(/C=C/C(C)C)cc1. The minimum Gasteiger partial charge on any atom is -0.0846 e. The lowest BCUT2D eigenvalue weighted by Crippen LogP contribution is -1.88. The largest absolute Gasteiger partial charge is 0.0846 e. The van der Waals surface area contributed by atoms with Crippen molar-refractivity contribution < 1.29 is 0 Å². The highest BCUT2D eigenvalue weighted by Gasteiger charge is 1.93. The van der Waals surface area contributed by atoms with Crippen LogP contribution in [0.25, 0.3) is 6.08 Å². The second-order valence-electron chi connectivity index (χ2n) is 3.78. The monoisotopic (exact) mass is 204 g/mol. The van der Waals surface area contributed by atoms with Gasteiger partial charge in [-0.15, -0.1) is 0 Å². The summed E-state index contributed by atoms with van der Waals surface area (Å²) in [7, 11) is 0. The molecule has 0 N–H and O–H groups in total. The van der Waals surface area contributed by atoms with Crippen LogP contribution in [0, 0.1) is 5.92 Å². The standard InChI is InChI=1S/C13H16S/c1-10(2)4-5-12-6-8-13(9-7-12)11(3)14/h4-10H,1-3H3/b5-4+. The highest BCUT2D eigenvalue weighted by molar-refractivity contribution is 7.80. The molecule has 0 heterocycles. The Bertz CT molecular complexity index is 331. The molecular formula is C13H16S. The first kappa shape index (κ1) is 11.1. The molecular weight excluding hydrogens is 188 g/mol. The second-order valence-corrected chi connectivity index (χ2v) is 4.39. The second kappa shape index (κ2) is 5.06. The van der Waals surface area contributed by atoms with Crippen molar-refractivity contribution in [3.8, 4) is 0 Å². The van der Waals surface area contributed by atoms with E-state index < -0.39 is 0 Å². The first-order chi connectivity index (χ1) is 6.59. The summed E-state index contributed by atoms with van der Waals surface area (Å²) in [6.07, 6.45) is 4.34. The molecule has 1 aromatic carbocycles. The van der Waals surface area contributed by atoms with Gasteiger partial charge in [0.25, 0.3) is 0 Å². The lowest BCUT2D eigenvalue weighted by molar-refractivity contribution is 0.836. The molecule has 0 saturated carbocycles. The van der Waals surface area contributed by atoms with Crippen LogP contribution in [0.15, 0.2) is 30.3 Å². The average Bonchev–Trinajstić information content (AvgIpc) is 2.15. The summed E-state index contributed by atoms with van der Waals surface area (Å²) in [5.74, 6) is 0.599. The van der Waals surface area contributed by atoms with Gasteiger partial charge >= 0.3 is 0 Å². The van der Waals surface area contributed by atoms with Crippen molar-refractivity contribution in [3.05, 3.63) is 41.5 Å². The predicted octanol–water partition coefficient (Wildman–Crippen LogP) is 4.09. The van der Waals surface area contributed by atoms with Crippen LogP contribution in [0.5, 0.6) is 0 Å². The molecule has 0 saturated heterocycles. The van der Waals surface area contributed by atoms with E-state index >= 15 is 0 Å². The third-order valence-corrected chi connectivity index (χ3v) is 2.23. The Balaban J connectivity index is 2.78. The maximum absolute atomic E-state index is 5.09. The zero-order valence-electron chi connectivity index (χ0n) is 8.95. The van der Waals surface area contributed by atoms with Gasteiger partial charge in [-0.25, -0.2) is 0 Å². The summed E-state index contributed by atoms with van der Waals surface area (Å²) in [5.41, 5.74) is 2.38. The molecule has 74 valence electrons. The molecule has 0 unspecified atom stereocenters. The molecule has 0 nitrogen and oxygen atoms in total. The van der Waals surface area contributed by atoms with Crippen molar-refractivity contribution in [1.29, 1.82) is 0 Å². The van der Waals surface area contributed by atoms with Crippen LogP contribution in [0.3, 0.4) is 0 Å². The topological polar surface area (TPSA) is 0 Å². The van der Waals surface area contributed by atoms with Gasteiger partial charge in [-0.05, 0) is 24.0 Å². The molecule has 0 atom stereocenters. The smallest absolute Gasteiger partial charge is 0.0193 e. The summed E-state index contributed by atoms with van der Waals surface area (Å²) in [6.45, 7) is 6.30. The van der Waals surface area contributed by atoms with Gasteiger partial charge in [-0.1, -0.05) is 62.5 Å². The van der Waals surface area contributed by atoms with Crippen LogP contribution >= 0.6 is 12.2 Å². The van der Waals surface area contributed by atoms with Crippen LogP contribution in [0.2, 0.25) is 0 Å². The molecule has 0 aliphatic carbocycles. The Morgan fingerprint density at radius 2 is 1.79 bits per heavy atom. The van der Waals surface area contributed by atoms with Crippen molar-refractivity contribution in [2.24, 2.45) is 5.92 Å². The number of benzene rings is 1. The van der Waals surface area contributed by atoms with Crippen LogP contribution in [0.4, 0.5) is 0 Å². The average molecular weight is 204 g/mol. The van der Waals surface area contributed by atoms with E-state index in [4.69, 9.17) is 12.2 Å². The van der Waals surface area contributed by atoms with Crippen molar-refractivity contribution in [1.82, 2.24) is 0 Å². The molecule has 0 radical (unpaired) electrons. The first-order valence-electron chi connectivity index (χ1n) is 4.89. The third-order valence-electron chi connectivity index (χ3n) is 1.99. The van der Waals surface area contributed by atoms with Gasteiger partial charge in [0.1, 0.15) is 0 Å². The third kappa shape index (κ3) is 3.43. The molecule has 1 rings (SSSR count). The zero-order chi connectivity index (χ0) is 10.6. The lowest BCUT2D eigenvalue weighted by Gasteiger charge is -1.99. The van der Waals surface area contributed by atoms with E-state index in [1.54, 1.807) is 0 Å². The van der Waals surface area contributed by atoms with Crippen LogP contribution in [0.1, 0.15) is 31.9 Å². The minimum absolute atomic E-state index is 0.599. The Kier molecular flexibility index (Phi) is 4.02. The van der Waals surface area contributed by atoms with Crippen LogP contribution in [-0.4, -0.2) is 4.86 Å². The Hall–Kier alpha value is -0.950. The zero-order valence-corrected chi connectivity index (χ0v) is 9.77. The highest BCUT2D eigenvalue weighted by Crippen LogP contribution is 2.08. The molecule has 1 aromatic rings.